The Balaban J connectivity index is 1.84. The molecule has 3 heteroatoms. The van der Waals surface area contributed by atoms with Gasteiger partial charge >= 0.3 is 0 Å². The van der Waals surface area contributed by atoms with Crippen molar-refractivity contribution in [3.63, 3.8) is 0 Å². The third-order valence-electron chi connectivity index (χ3n) is 3.11. The van der Waals surface area contributed by atoms with Crippen LogP contribution >= 0.6 is 0 Å². The van der Waals surface area contributed by atoms with Crippen molar-refractivity contribution in [1.29, 1.82) is 0 Å². The van der Waals surface area contributed by atoms with Gasteiger partial charge in [-0.2, -0.15) is 0 Å². The summed E-state index contributed by atoms with van der Waals surface area (Å²) < 4.78 is 19.0. The predicted octanol–water partition coefficient (Wildman–Crippen LogP) is 4.19. The molecule has 0 aliphatic heterocycles. The minimum absolute atomic E-state index is 0.232. The molecule has 96 valence electrons. The van der Waals surface area contributed by atoms with Crippen LogP contribution in [0, 0.1) is 12.7 Å². The largest absolute Gasteiger partial charge is 0.489 e. The molecule has 0 aliphatic rings. The predicted molar refractivity (Wildman–Crippen MR) is 73.8 cm³/mol. The maximum Gasteiger partial charge on any atom is 0.123 e. The fourth-order valence-electron chi connectivity index (χ4n) is 2.14. The first-order chi connectivity index (χ1) is 9.22. The van der Waals surface area contributed by atoms with E-state index < -0.39 is 0 Å². The standard InChI is InChI=1S/C16H14FNO/c1-11-3-2-4-14(7-11)19-10-12-9-18-16-6-5-13(17)8-15(12)16/h2-9,18H,10H2,1H3. The molecule has 0 radical (unpaired) electrons. The summed E-state index contributed by atoms with van der Waals surface area (Å²) in [5.74, 6) is 0.592. The van der Waals surface area contributed by atoms with Gasteiger partial charge in [-0.05, 0) is 42.8 Å². The number of rotatable bonds is 3. The summed E-state index contributed by atoms with van der Waals surface area (Å²) >= 11 is 0. The lowest BCUT2D eigenvalue weighted by atomic mass is 10.2. The van der Waals surface area contributed by atoms with E-state index in [1.165, 1.54) is 12.1 Å². The van der Waals surface area contributed by atoms with Crippen molar-refractivity contribution < 1.29 is 9.13 Å². The van der Waals surface area contributed by atoms with Crippen LogP contribution in [0.1, 0.15) is 11.1 Å². The molecule has 0 saturated heterocycles. The lowest BCUT2D eigenvalue weighted by molar-refractivity contribution is 0.307. The zero-order valence-electron chi connectivity index (χ0n) is 10.6. The van der Waals surface area contributed by atoms with Crippen LogP contribution in [0.2, 0.25) is 0 Å². The number of nitrogens with one attached hydrogen (secondary N) is 1. The van der Waals surface area contributed by atoms with Crippen LogP contribution in [0.3, 0.4) is 0 Å². The Bertz CT molecular complexity index is 718. The van der Waals surface area contributed by atoms with Gasteiger partial charge in [0, 0.05) is 22.7 Å². The van der Waals surface area contributed by atoms with Gasteiger partial charge in [0.1, 0.15) is 18.2 Å². The summed E-state index contributed by atoms with van der Waals surface area (Å²) in [7, 11) is 0. The van der Waals surface area contributed by atoms with Crippen LogP contribution in [-0.2, 0) is 6.61 Å². The van der Waals surface area contributed by atoms with Gasteiger partial charge in [0.15, 0.2) is 0 Å². The highest BCUT2D eigenvalue weighted by molar-refractivity contribution is 5.83. The molecule has 0 aliphatic carbocycles. The van der Waals surface area contributed by atoms with E-state index in [0.29, 0.717) is 6.61 Å². The molecule has 3 aromatic rings. The molecule has 2 nitrogen and oxygen atoms in total. The molecule has 0 atom stereocenters. The van der Waals surface area contributed by atoms with Crippen LogP contribution in [0.25, 0.3) is 10.9 Å². The lowest BCUT2D eigenvalue weighted by Crippen LogP contribution is -1.94. The number of fused-ring (bicyclic) bond motifs is 1. The van der Waals surface area contributed by atoms with Gasteiger partial charge in [-0.3, -0.25) is 0 Å². The average Bonchev–Trinajstić information content (AvgIpc) is 2.79. The maximum absolute atomic E-state index is 13.3. The Morgan fingerprint density at radius 3 is 2.89 bits per heavy atom. The molecule has 2 aromatic carbocycles. The number of aromatic amines is 1. The summed E-state index contributed by atoms with van der Waals surface area (Å²) in [4.78, 5) is 3.12. The molecule has 1 aromatic heterocycles. The van der Waals surface area contributed by atoms with E-state index in [1.54, 1.807) is 6.07 Å². The summed E-state index contributed by atoms with van der Waals surface area (Å²) in [6.45, 7) is 2.45. The minimum Gasteiger partial charge on any atom is -0.489 e. The number of H-pyrrole nitrogens is 1. The Morgan fingerprint density at radius 1 is 1.16 bits per heavy atom. The number of hydrogen-bond acceptors (Lipinski definition) is 1. The molecule has 0 saturated carbocycles. The van der Waals surface area contributed by atoms with E-state index in [0.717, 1.165) is 27.8 Å². The van der Waals surface area contributed by atoms with Crippen molar-refractivity contribution in [2.24, 2.45) is 0 Å². The number of hydrogen-bond donors (Lipinski definition) is 1. The van der Waals surface area contributed by atoms with Gasteiger partial charge in [-0.25, -0.2) is 4.39 Å². The summed E-state index contributed by atoms with van der Waals surface area (Å²) in [6, 6.07) is 12.6. The summed E-state index contributed by atoms with van der Waals surface area (Å²) in [5.41, 5.74) is 3.03. The molecule has 1 N–H and O–H groups in total. The van der Waals surface area contributed by atoms with E-state index in [9.17, 15) is 4.39 Å². The molecule has 3 rings (SSSR count). The van der Waals surface area contributed by atoms with Gasteiger partial charge in [0.2, 0.25) is 0 Å². The normalized spacial score (nSPS) is 10.8. The van der Waals surface area contributed by atoms with E-state index >= 15 is 0 Å². The van der Waals surface area contributed by atoms with Gasteiger partial charge in [-0.15, -0.1) is 0 Å². The lowest BCUT2D eigenvalue weighted by Gasteiger charge is -2.06. The SMILES string of the molecule is Cc1cccc(OCc2c[nH]c3ccc(F)cc23)c1. The Morgan fingerprint density at radius 2 is 2.05 bits per heavy atom. The number of benzene rings is 2. The maximum atomic E-state index is 13.3. The zero-order valence-corrected chi connectivity index (χ0v) is 10.6. The van der Waals surface area contributed by atoms with Crippen molar-refractivity contribution in [2.75, 3.05) is 0 Å². The van der Waals surface area contributed by atoms with E-state index in [-0.39, 0.29) is 5.82 Å². The Labute approximate surface area is 110 Å². The molecule has 1 heterocycles. The summed E-state index contributed by atoms with van der Waals surface area (Å²) in [6.07, 6.45) is 1.86. The highest BCUT2D eigenvalue weighted by Gasteiger charge is 2.05. The number of aryl methyl sites for hydroxylation is 1. The second-order valence-corrected chi connectivity index (χ2v) is 4.61. The van der Waals surface area contributed by atoms with Crippen molar-refractivity contribution >= 4 is 10.9 Å². The Kier molecular flexibility index (Phi) is 2.95. The molecule has 0 amide bonds. The van der Waals surface area contributed by atoms with Crippen molar-refractivity contribution in [1.82, 2.24) is 4.98 Å². The molecule has 0 spiro atoms. The fraction of sp³-hybridized carbons (Fsp3) is 0.125. The molecule has 19 heavy (non-hydrogen) atoms. The van der Waals surface area contributed by atoms with Gasteiger partial charge in [0.25, 0.3) is 0 Å². The third kappa shape index (κ3) is 2.45. The zero-order chi connectivity index (χ0) is 13.2. The van der Waals surface area contributed by atoms with Crippen molar-refractivity contribution in [2.45, 2.75) is 13.5 Å². The van der Waals surface area contributed by atoms with Gasteiger partial charge < -0.3 is 9.72 Å². The van der Waals surface area contributed by atoms with Crippen molar-refractivity contribution in [3.8, 4) is 5.75 Å². The van der Waals surface area contributed by atoms with Gasteiger partial charge in [0.05, 0.1) is 0 Å². The van der Waals surface area contributed by atoms with Gasteiger partial charge in [-0.1, -0.05) is 12.1 Å². The number of ether oxygens (including phenoxy) is 1. The van der Waals surface area contributed by atoms with Crippen molar-refractivity contribution in [3.05, 3.63) is 65.6 Å². The molecule has 0 bridgehead atoms. The Hall–Kier alpha value is -2.29. The number of halogens is 1. The molecule has 0 fully saturated rings. The van der Waals surface area contributed by atoms with Crippen LogP contribution in [0.15, 0.2) is 48.7 Å². The van der Waals surface area contributed by atoms with E-state index in [4.69, 9.17) is 4.74 Å². The van der Waals surface area contributed by atoms with E-state index in [2.05, 4.69) is 4.98 Å². The first kappa shape index (κ1) is 11.8. The molecular formula is C16H14FNO. The van der Waals surface area contributed by atoms with E-state index in [1.807, 2.05) is 37.4 Å². The quantitative estimate of drug-likeness (QED) is 0.745. The average molecular weight is 255 g/mol. The monoisotopic (exact) mass is 255 g/mol. The second kappa shape index (κ2) is 4.76. The highest BCUT2D eigenvalue weighted by Crippen LogP contribution is 2.21. The summed E-state index contributed by atoms with van der Waals surface area (Å²) in [5, 5.41) is 0.868. The van der Waals surface area contributed by atoms with Crippen LogP contribution < -0.4 is 4.74 Å². The molecule has 0 unspecified atom stereocenters. The number of aromatic nitrogens is 1. The van der Waals surface area contributed by atoms with Crippen LogP contribution in [-0.4, -0.2) is 4.98 Å². The molecular weight excluding hydrogens is 241 g/mol. The first-order valence-corrected chi connectivity index (χ1v) is 6.17. The topological polar surface area (TPSA) is 25.0 Å². The minimum atomic E-state index is -0.232. The third-order valence-corrected chi connectivity index (χ3v) is 3.11. The fourth-order valence-corrected chi connectivity index (χ4v) is 2.14. The first-order valence-electron chi connectivity index (χ1n) is 6.17. The van der Waals surface area contributed by atoms with Crippen LogP contribution in [0.5, 0.6) is 5.75 Å². The highest BCUT2D eigenvalue weighted by atomic mass is 19.1. The van der Waals surface area contributed by atoms with Crippen LogP contribution in [0.4, 0.5) is 4.39 Å². The smallest absolute Gasteiger partial charge is 0.123 e. The second-order valence-electron chi connectivity index (χ2n) is 4.61.